The summed E-state index contributed by atoms with van der Waals surface area (Å²) < 4.78 is 16.3. The average Bonchev–Trinajstić information content (AvgIpc) is 3.60. The van der Waals surface area contributed by atoms with Crippen molar-refractivity contribution in [1.29, 1.82) is 0 Å². The molecule has 4 aromatic rings. The first kappa shape index (κ1) is 23.8. The molecule has 1 atom stereocenters. The Balaban J connectivity index is 0.00000111. The average molecular weight is 483 g/mol. The summed E-state index contributed by atoms with van der Waals surface area (Å²) in [7, 11) is 0. The molecule has 1 fully saturated rings. The van der Waals surface area contributed by atoms with Crippen LogP contribution in [0.25, 0.3) is 16.2 Å². The number of halogens is 1. The number of benzene rings is 1. The lowest BCUT2D eigenvalue weighted by Crippen LogP contribution is -2.40. The molecular weight excluding hydrogens is 451 g/mol. The van der Waals surface area contributed by atoms with E-state index in [1.54, 1.807) is 22.6 Å². The number of hydrogen-bond donors (Lipinski definition) is 1. The second-order valence-electron chi connectivity index (χ2n) is 7.79. The number of fused-ring (bicyclic) bond motifs is 1. The zero-order valence-corrected chi connectivity index (χ0v) is 20.5. The number of imidazole rings is 1. The van der Waals surface area contributed by atoms with Gasteiger partial charge in [-0.05, 0) is 37.0 Å². The maximum Gasteiger partial charge on any atom is 0.273 e. The van der Waals surface area contributed by atoms with Crippen molar-refractivity contribution in [3.05, 3.63) is 65.3 Å². The Morgan fingerprint density at radius 3 is 2.76 bits per heavy atom. The SMILES string of the molecule is CC.CCc1cnc(NC[C@@H]2CCCN2C(=O)c2c(-c3ccccc3F)nc3sccn23)nc1.[HH]. The van der Waals surface area contributed by atoms with Gasteiger partial charge in [0.05, 0.1) is 0 Å². The number of thiazole rings is 1. The van der Waals surface area contributed by atoms with Crippen molar-refractivity contribution in [3.8, 4) is 11.3 Å². The van der Waals surface area contributed by atoms with E-state index in [2.05, 4.69) is 27.2 Å². The Labute approximate surface area is 204 Å². The minimum absolute atomic E-state index is 0. The molecular formula is C25H31FN6OS. The first-order valence-electron chi connectivity index (χ1n) is 11.7. The number of rotatable bonds is 6. The van der Waals surface area contributed by atoms with Crippen LogP contribution in [0.1, 0.15) is 51.1 Å². The van der Waals surface area contributed by atoms with Crippen LogP contribution in [0.15, 0.2) is 48.2 Å². The van der Waals surface area contributed by atoms with E-state index in [0.717, 1.165) is 24.8 Å². The molecule has 7 nitrogen and oxygen atoms in total. The van der Waals surface area contributed by atoms with Crippen LogP contribution >= 0.6 is 11.3 Å². The topological polar surface area (TPSA) is 75.4 Å². The number of anilines is 1. The standard InChI is InChI=1S/C23H23FN6OS.C2H6.H2/c1-2-15-12-25-22(26-13-15)27-14-16-6-5-9-29(16)21(31)20-19(17-7-3-4-8-18(17)24)28-23-30(20)10-11-32-23;1-2;/h3-4,7-8,10-13,16H,2,5-6,9,14H2,1H3,(H,25,26,27);1-2H3;1H/t16-;;/m0../s1. The van der Waals surface area contributed by atoms with Crippen molar-refractivity contribution < 1.29 is 10.6 Å². The number of carbonyl (C=O) groups is 1. The number of carbonyl (C=O) groups excluding carboxylic acids is 1. The molecule has 1 N–H and O–H groups in total. The van der Waals surface area contributed by atoms with Crippen molar-refractivity contribution in [2.75, 3.05) is 18.4 Å². The minimum atomic E-state index is -0.389. The van der Waals surface area contributed by atoms with E-state index < -0.39 is 0 Å². The number of nitrogens with zero attached hydrogens (tertiary/aromatic N) is 5. The monoisotopic (exact) mass is 482 g/mol. The normalized spacial score (nSPS) is 15.3. The molecule has 0 radical (unpaired) electrons. The van der Waals surface area contributed by atoms with Crippen LogP contribution in [0.5, 0.6) is 0 Å². The summed E-state index contributed by atoms with van der Waals surface area (Å²) in [4.78, 5) is 29.5. The van der Waals surface area contributed by atoms with Crippen LogP contribution in [0, 0.1) is 5.82 Å². The van der Waals surface area contributed by atoms with E-state index in [0.29, 0.717) is 41.0 Å². The van der Waals surface area contributed by atoms with Gasteiger partial charge in [0.25, 0.3) is 5.91 Å². The number of hydrogen-bond acceptors (Lipinski definition) is 6. The third kappa shape index (κ3) is 4.65. The van der Waals surface area contributed by atoms with Gasteiger partial charge in [-0.1, -0.05) is 32.9 Å². The predicted octanol–water partition coefficient (Wildman–Crippen LogP) is 5.54. The number of aryl methyl sites for hydroxylation is 1. The molecule has 4 heterocycles. The Bertz CT molecular complexity index is 1260. The van der Waals surface area contributed by atoms with Crippen LogP contribution in [0.3, 0.4) is 0 Å². The highest BCUT2D eigenvalue weighted by molar-refractivity contribution is 7.15. The summed E-state index contributed by atoms with van der Waals surface area (Å²) >= 11 is 1.42. The Morgan fingerprint density at radius 2 is 2.03 bits per heavy atom. The Morgan fingerprint density at radius 1 is 1.26 bits per heavy atom. The van der Waals surface area contributed by atoms with Crippen molar-refractivity contribution in [2.45, 2.75) is 46.1 Å². The first-order valence-corrected chi connectivity index (χ1v) is 12.6. The highest BCUT2D eigenvalue weighted by atomic mass is 32.1. The molecule has 1 aromatic carbocycles. The molecule has 5 rings (SSSR count). The molecule has 9 heteroatoms. The molecule has 34 heavy (non-hydrogen) atoms. The van der Waals surface area contributed by atoms with E-state index in [9.17, 15) is 9.18 Å². The van der Waals surface area contributed by atoms with Crippen molar-refractivity contribution >= 4 is 28.2 Å². The van der Waals surface area contributed by atoms with Gasteiger partial charge in [-0.3, -0.25) is 9.20 Å². The molecule has 180 valence electrons. The molecule has 1 amide bonds. The lowest BCUT2D eigenvalue weighted by Gasteiger charge is -2.25. The summed E-state index contributed by atoms with van der Waals surface area (Å²) in [6.45, 7) is 7.26. The summed E-state index contributed by atoms with van der Waals surface area (Å²) in [6, 6.07) is 6.44. The molecule has 0 unspecified atom stereocenters. The maximum atomic E-state index is 14.6. The number of likely N-dealkylation sites (tertiary alicyclic amines) is 1. The van der Waals surface area contributed by atoms with Crippen LogP contribution in [0.4, 0.5) is 10.3 Å². The lowest BCUT2D eigenvalue weighted by molar-refractivity contribution is 0.0737. The smallest absolute Gasteiger partial charge is 0.273 e. The molecule has 1 saturated heterocycles. The van der Waals surface area contributed by atoms with E-state index in [1.165, 1.54) is 17.4 Å². The number of amides is 1. The lowest BCUT2D eigenvalue weighted by atomic mass is 10.1. The van der Waals surface area contributed by atoms with Crippen LogP contribution in [-0.2, 0) is 6.42 Å². The summed E-state index contributed by atoms with van der Waals surface area (Å²) in [6.07, 6.45) is 8.12. The maximum absolute atomic E-state index is 14.6. The van der Waals surface area contributed by atoms with Gasteiger partial charge >= 0.3 is 0 Å². The number of nitrogens with one attached hydrogen (secondary N) is 1. The van der Waals surface area contributed by atoms with Crippen molar-refractivity contribution in [3.63, 3.8) is 0 Å². The molecule has 1 aliphatic rings. The van der Waals surface area contributed by atoms with Crippen LogP contribution < -0.4 is 5.32 Å². The van der Waals surface area contributed by atoms with E-state index >= 15 is 0 Å². The Kier molecular flexibility index (Phi) is 7.52. The van der Waals surface area contributed by atoms with E-state index in [1.807, 2.05) is 42.7 Å². The zero-order chi connectivity index (χ0) is 24.1. The van der Waals surface area contributed by atoms with Crippen molar-refractivity contribution in [1.82, 2.24) is 24.3 Å². The fourth-order valence-corrected chi connectivity index (χ4v) is 4.83. The number of aromatic nitrogens is 4. The molecule has 3 aromatic heterocycles. The largest absolute Gasteiger partial charge is 0.352 e. The summed E-state index contributed by atoms with van der Waals surface area (Å²) in [5, 5.41) is 5.14. The molecule has 0 saturated carbocycles. The summed E-state index contributed by atoms with van der Waals surface area (Å²) in [5.74, 6) is 0.0263. The van der Waals surface area contributed by atoms with Gasteiger partial charge < -0.3 is 10.2 Å². The zero-order valence-electron chi connectivity index (χ0n) is 19.7. The fourth-order valence-electron chi connectivity index (χ4n) is 4.12. The van der Waals surface area contributed by atoms with Crippen LogP contribution in [-0.4, -0.2) is 49.3 Å². The third-order valence-corrected chi connectivity index (χ3v) is 6.60. The van der Waals surface area contributed by atoms with Gasteiger partial charge in [-0.2, -0.15) is 0 Å². The van der Waals surface area contributed by atoms with Gasteiger partial charge in [0.2, 0.25) is 5.95 Å². The second-order valence-corrected chi connectivity index (χ2v) is 8.66. The third-order valence-electron chi connectivity index (χ3n) is 5.84. The molecule has 1 aliphatic heterocycles. The van der Waals surface area contributed by atoms with Gasteiger partial charge in [0.15, 0.2) is 4.96 Å². The predicted molar refractivity (Wildman–Crippen MR) is 136 cm³/mol. The second kappa shape index (κ2) is 10.7. The molecule has 0 aliphatic carbocycles. The van der Waals surface area contributed by atoms with Gasteiger partial charge in [-0.15, -0.1) is 11.3 Å². The highest BCUT2D eigenvalue weighted by Gasteiger charge is 2.33. The van der Waals surface area contributed by atoms with E-state index in [-0.39, 0.29) is 19.2 Å². The van der Waals surface area contributed by atoms with Gasteiger partial charge in [-0.25, -0.2) is 19.3 Å². The molecule has 0 spiro atoms. The first-order chi connectivity index (χ1) is 16.7. The van der Waals surface area contributed by atoms with Crippen LogP contribution in [0.2, 0.25) is 0 Å². The Hall–Kier alpha value is -3.33. The van der Waals surface area contributed by atoms with Gasteiger partial charge in [0.1, 0.15) is 17.2 Å². The minimum Gasteiger partial charge on any atom is -0.352 e. The molecule has 0 bridgehead atoms. The van der Waals surface area contributed by atoms with Gasteiger partial charge in [0, 0.05) is 50.1 Å². The van der Waals surface area contributed by atoms with E-state index in [4.69, 9.17) is 0 Å². The van der Waals surface area contributed by atoms with Crippen molar-refractivity contribution in [2.24, 2.45) is 0 Å². The fraction of sp³-hybridized carbons (Fsp3) is 0.360. The summed E-state index contributed by atoms with van der Waals surface area (Å²) in [5.41, 5.74) is 2.21. The quantitative estimate of drug-likeness (QED) is 0.390. The highest BCUT2D eigenvalue weighted by Crippen LogP contribution is 2.31.